The number of alkyl halides is 3. The predicted octanol–water partition coefficient (Wildman–Crippen LogP) is 5.91. The smallest absolute Gasteiger partial charge is 0.475 e. The highest BCUT2D eigenvalue weighted by molar-refractivity contribution is 5.80. The van der Waals surface area contributed by atoms with Crippen molar-refractivity contribution in [1.29, 1.82) is 0 Å². The molecule has 0 atom stereocenters. The summed E-state index contributed by atoms with van der Waals surface area (Å²) in [6.07, 6.45) is 1.69. The topological polar surface area (TPSA) is 95.8 Å². The Labute approximate surface area is 217 Å². The monoisotopic (exact) mass is 521 g/mol. The Bertz CT molecular complexity index is 1430. The van der Waals surface area contributed by atoms with E-state index >= 15 is 0 Å². The fourth-order valence-electron chi connectivity index (χ4n) is 3.79. The van der Waals surface area contributed by atoms with Crippen LogP contribution >= 0.6 is 0 Å². The summed E-state index contributed by atoms with van der Waals surface area (Å²) in [5.74, 6) is -1.85. The molecule has 0 fully saturated rings. The van der Waals surface area contributed by atoms with Crippen molar-refractivity contribution >= 4 is 17.0 Å². The molecule has 196 valence electrons. The van der Waals surface area contributed by atoms with Crippen LogP contribution in [0.5, 0.6) is 0 Å². The Morgan fingerprint density at radius 2 is 1.71 bits per heavy atom. The number of carboxylic acids is 1. The third-order valence-electron chi connectivity index (χ3n) is 5.71. The molecule has 0 saturated carbocycles. The highest BCUT2D eigenvalue weighted by Crippen LogP contribution is 2.26. The number of nitrogens with zero attached hydrogens (tertiary/aromatic N) is 3. The second kappa shape index (κ2) is 12.2. The molecule has 5 rings (SSSR count). The van der Waals surface area contributed by atoms with E-state index in [1.54, 1.807) is 0 Å². The summed E-state index contributed by atoms with van der Waals surface area (Å²) in [6.45, 7) is 2.86. The van der Waals surface area contributed by atoms with Gasteiger partial charge in [0.25, 0.3) is 0 Å². The van der Waals surface area contributed by atoms with Crippen molar-refractivity contribution in [2.24, 2.45) is 0 Å². The predicted molar refractivity (Wildman–Crippen MR) is 139 cm³/mol. The van der Waals surface area contributed by atoms with Crippen molar-refractivity contribution in [3.8, 4) is 22.5 Å². The van der Waals surface area contributed by atoms with Crippen LogP contribution in [-0.4, -0.2) is 43.3 Å². The number of aromatic amines is 1. The van der Waals surface area contributed by atoms with Gasteiger partial charge in [0.05, 0.1) is 17.4 Å². The molecule has 7 nitrogen and oxygen atoms in total. The van der Waals surface area contributed by atoms with Crippen LogP contribution in [0.4, 0.5) is 13.2 Å². The molecule has 0 aliphatic rings. The number of fused-ring (bicyclic) bond motifs is 1. The van der Waals surface area contributed by atoms with Gasteiger partial charge in [0.2, 0.25) is 0 Å². The lowest BCUT2D eigenvalue weighted by molar-refractivity contribution is -0.192. The summed E-state index contributed by atoms with van der Waals surface area (Å²) in [4.78, 5) is 21.1. The first-order valence-corrected chi connectivity index (χ1v) is 11.9. The molecule has 38 heavy (non-hydrogen) atoms. The van der Waals surface area contributed by atoms with Gasteiger partial charge in [0, 0.05) is 31.0 Å². The average molecular weight is 522 g/mol. The van der Waals surface area contributed by atoms with Gasteiger partial charge in [-0.2, -0.15) is 13.2 Å². The quantitative estimate of drug-likeness (QED) is 0.221. The van der Waals surface area contributed by atoms with Gasteiger partial charge in [0.15, 0.2) is 0 Å². The lowest BCUT2D eigenvalue weighted by Gasteiger charge is -2.08. The number of halogens is 3. The minimum atomic E-state index is -5.08. The number of hydrogen-bond acceptors (Lipinski definition) is 4. The number of imidazole rings is 2. The van der Waals surface area contributed by atoms with Gasteiger partial charge in [-0.15, -0.1) is 0 Å². The van der Waals surface area contributed by atoms with E-state index in [0.717, 1.165) is 48.5 Å². The number of para-hydroxylation sites is 2. The summed E-state index contributed by atoms with van der Waals surface area (Å²) in [7, 11) is 0. The van der Waals surface area contributed by atoms with Crippen LogP contribution in [0.2, 0.25) is 0 Å². The van der Waals surface area contributed by atoms with Gasteiger partial charge in [-0.3, -0.25) is 0 Å². The molecule has 0 bridgehead atoms. The van der Waals surface area contributed by atoms with Crippen molar-refractivity contribution in [2.75, 3.05) is 6.54 Å². The Morgan fingerprint density at radius 1 is 0.974 bits per heavy atom. The molecule has 0 aliphatic carbocycles. The van der Waals surface area contributed by atoms with Crippen LogP contribution in [0.15, 0.2) is 91.5 Å². The van der Waals surface area contributed by atoms with Crippen LogP contribution in [-0.2, 0) is 17.9 Å². The maximum Gasteiger partial charge on any atom is 0.490 e. The van der Waals surface area contributed by atoms with E-state index in [9.17, 15) is 13.2 Å². The number of H-pyrrole nitrogens is 1. The molecule has 0 unspecified atom stereocenters. The van der Waals surface area contributed by atoms with Gasteiger partial charge in [-0.25, -0.2) is 14.8 Å². The van der Waals surface area contributed by atoms with Crippen molar-refractivity contribution in [2.45, 2.75) is 25.7 Å². The third-order valence-corrected chi connectivity index (χ3v) is 5.71. The number of aryl methyl sites for hydroxylation is 1. The number of nitrogens with one attached hydrogen (secondary N) is 2. The van der Waals surface area contributed by atoms with E-state index in [1.807, 2.05) is 36.9 Å². The lowest BCUT2D eigenvalue weighted by atomic mass is 10.0. The molecule has 3 aromatic carbocycles. The molecule has 0 amide bonds. The molecule has 5 aromatic rings. The standard InChI is InChI=1S/C26H25N5.C2HF3O2/c1-2-8-25-24(7-1)29-26(30-25)23-6-3-5-22(17-23)21-11-9-20(10-12-21)18-27-13-4-15-31-16-14-28-19-31;3-2(4,5)1(6)7/h1-3,5-12,14,16-17,19,27H,4,13,15,18H2,(H,29,30);(H,6,7). The highest BCUT2D eigenvalue weighted by atomic mass is 19.4. The fraction of sp³-hybridized carbons (Fsp3) is 0.179. The summed E-state index contributed by atoms with van der Waals surface area (Å²) < 4.78 is 33.8. The summed E-state index contributed by atoms with van der Waals surface area (Å²) >= 11 is 0. The molecule has 3 N–H and O–H groups in total. The zero-order valence-corrected chi connectivity index (χ0v) is 20.3. The summed E-state index contributed by atoms with van der Waals surface area (Å²) in [5, 5.41) is 10.6. The van der Waals surface area contributed by atoms with Crippen molar-refractivity contribution < 1.29 is 23.1 Å². The van der Waals surface area contributed by atoms with Crippen LogP contribution in [0.1, 0.15) is 12.0 Å². The number of aromatic nitrogens is 4. The normalized spacial score (nSPS) is 11.2. The number of hydrogen-bond donors (Lipinski definition) is 3. The SMILES string of the molecule is O=C(O)C(F)(F)F.c1cc(-c2ccc(CNCCCn3ccnc3)cc2)cc(-c2nc3ccccc3[nH]2)c1. The van der Waals surface area contributed by atoms with Gasteiger partial charge in [-0.05, 0) is 47.9 Å². The molecule has 0 aliphatic heterocycles. The summed E-state index contributed by atoms with van der Waals surface area (Å²) in [5.41, 5.74) is 6.84. The first kappa shape index (κ1) is 26.6. The highest BCUT2D eigenvalue weighted by Gasteiger charge is 2.38. The van der Waals surface area contributed by atoms with E-state index < -0.39 is 12.1 Å². The minimum absolute atomic E-state index is 0.878. The van der Waals surface area contributed by atoms with Gasteiger partial charge < -0.3 is 20.0 Å². The Morgan fingerprint density at radius 3 is 2.39 bits per heavy atom. The molecule has 2 aromatic heterocycles. The van der Waals surface area contributed by atoms with E-state index in [0.29, 0.717) is 0 Å². The van der Waals surface area contributed by atoms with Crippen molar-refractivity contribution in [3.05, 3.63) is 97.1 Å². The van der Waals surface area contributed by atoms with Gasteiger partial charge in [0.1, 0.15) is 5.82 Å². The fourth-order valence-corrected chi connectivity index (χ4v) is 3.79. The first-order valence-electron chi connectivity index (χ1n) is 11.9. The number of rotatable bonds is 8. The van der Waals surface area contributed by atoms with Gasteiger partial charge in [-0.1, -0.05) is 54.6 Å². The molecular formula is C28H26F3N5O2. The van der Waals surface area contributed by atoms with E-state index in [2.05, 4.69) is 74.4 Å². The van der Waals surface area contributed by atoms with Crippen LogP contribution in [0.25, 0.3) is 33.5 Å². The lowest BCUT2D eigenvalue weighted by Crippen LogP contribution is -2.21. The maximum atomic E-state index is 10.6. The second-order valence-electron chi connectivity index (χ2n) is 8.51. The van der Waals surface area contributed by atoms with E-state index in [-0.39, 0.29) is 0 Å². The van der Waals surface area contributed by atoms with Crippen LogP contribution < -0.4 is 5.32 Å². The zero-order chi connectivity index (χ0) is 27.0. The number of benzene rings is 3. The number of carbonyl (C=O) groups is 1. The van der Waals surface area contributed by atoms with Crippen molar-refractivity contribution in [1.82, 2.24) is 24.8 Å². The Kier molecular flexibility index (Phi) is 8.55. The van der Waals surface area contributed by atoms with Crippen molar-refractivity contribution in [3.63, 3.8) is 0 Å². The number of aliphatic carboxylic acids is 1. The molecule has 0 spiro atoms. The van der Waals surface area contributed by atoms with E-state index in [4.69, 9.17) is 14.9 Å². The minimum Gasteiger partial charge on any atom is -0.475 e. The first-order chi connectivity index (χ1) is 18.3. The second-order valence-corrected chi connectivity index (χ2v) is 8.51. The van der Waals surface area contributed by atoms with Crippen LogP contribution in [0.3, 0.4) is 0 Å². The largest absolute Gasteiger partial charge is 0.490 e. The maximum absolute atomic E-state index is 10.6. The van der Waals surface area contributed by atoms with E-state index in [1.165, 1.54) is 16.7 Å². The third kappa shape index (κ3) is 7.30. The van der Waals surface area contributed by atoms with Gasteiger partial charge >= 0.3 is 12.1 Å². The molecule has 10 heteroatoms. The zero-order valence-electron chi connectivity index (χ0n) is 20.3. The molecule has 0 saturated heterocycles. The molecule has 0 radical (unpaired) electrons. The summed E-state index contributed by atoms with van der Waals surface area (Å²) in [6, 6.07) is 25.5. The number of carboxylic acid groups (broad SMARTS) is 1. The Hall–Kier alpha value is -4.44. The average Bonchev–Trinajstić information content (AvgIpc) is 3.59. The molecule has 2 heterocycles. The molecular weight excluding hydrogens is 495 g/mol. The van der Waals surface area contributed by atoms with Crippen LogP contribution in [0, 0.1) is 0 Å². The Balaban J connectivity index is 0.000000426.